The van der Waals surface area contributed by atoms with Crippen molar-refractivity contribution >= 4 is 49.3 Å². The Hall–Kier alpha value is 0.290. The van der Waals surface area contributed by atoms with Crippen LogP contribution in [0.25, 0.3) is 0 Å². The van der Waals surface area contributed by atoms with Crippen LogP contribution < -0.4 is 11.1 Å². The van der Waals surface area contributed by atoms with Crippen LogP contribution in [-0.4, -0.2) is 5.50 Å². The Balaban J connectivity index is 2.52. The summed E-state index contributed by atoms with van der Waals surface area (Å²) in [6.45, 7) is 0. The summed E-state index contributed by atoms with van der Waals surface area (Å²) in [6.07, 6.45) is 0. The van der Waals surface area contributed by atoms with Gasteiger partial charge in [0, 0.05) is 13.8 Å². The van der Waals surface area contributed by atoms with E-state index in [9.17, 15) is 0 Å². The molecule has 0 saturated carbocycles. The fourth-order valence-electron chi connectivity index (χ4n) is 1.10. The third-order valence-electron chi connectivity index (χ3n) is 1.55. The molecule has 5 heteroatoms. The lowest BCUT2D eigenvalue weighted by molar-refractivity contribution is 1.08. The molecule has 0 aliphatic carbocycles. The highest BCUT2D eigenvalue weighted by molar-refractivity contribution is 9.11. The van der Waals surface area contributed by atoms with Gasteiger partial charge in [-0.2, -0.15) is 0 Å². The van der Waals surface area contributed by atoms with E-state index >= 15 is 0 Å². The van der Waals surface area contributed by atoms with Gasteiger partial charge < -0.3 is 11.1 Å². The summed E-state index contributed by atoms with van der Waals surface area (Å²) in [6, 6.07) is 4.05. The standard InChI is InChI=1S/C7H6Br2N2S/c8-3-1-4(9)6-5(2-3)11-7(10)12-6/h1-2,7,11H,10H2. The minimum Gasteiger partial charge on any atom is -0.360 e. The van der Waals surface area contributed by atoms with E-state index in [1.807, 2.05) is 12.1 Å². The Morgan fingerprint density at radius 2 is 2.17 bits per heavy atom. The number of fused-ring (bicyclic) bond motifs is 1. The summed E-state index contributed by atoms with van der Waals surface area (Å²) >= 11 is 8.52. The van der Waals surface area contributed by atoms with Crippen molar-refractivity contribution in [1.29, 1.82) is 0 Å². The van der Waals surface area contributed by atoms with E-state index in [-0.39, 0.29) is 5.50 Å². The summed E-state index contributed by atoms with van der Waals surface area (Å²) in [5.74, 6) is 0. The normalized spacial score (nSPS) is 20.4. The fourth-order valence-corrected chi connectivity index (χ4v) is 3.46. The Kier molecular flexibility index (Phi) is 2.37. The Bertz CT molecular complexity index is 329. The highest BCUT2D eigenvalue weighted by Gasteiger charge is 2.20. The van der Waals surface area contributed by atoms with Gasteiger partial charge in [-0.25, -0.2) is 0 Å². The summed E-state index contributed by atoms with van der Waals surface area (Å²) in [5, 5.41) is 3.16. The van der Waals surface area contributed by atoms with Crippen molar-refractivity contribution in [3.63, 3.8) is 0 Å². The molecular weight excluding hydrogens is 304 g/mol. The van der Waals surface area contributed by atoms with Gasteiger partial charge in [-0.1, -0.05) is 27.7 Å². The molecule has 2 rings (SSSR count). The highest BCUT2D eigenvalue weighted by atomic mass is 79.9. The van der Waals surface area contributed by atoms with Gasteiger partial charge in [0.25, 0.3) is 0 Å². The average molecular weight is 310 g/mol. The third-order valence-corrected chi connectivity index (χ3v) is 3.94. The number of thioether (sulfide) groups is 1. The molecule has 0 fully saturated rings. The van der Waals surface area contributed by atoms with Crippen molar-refractivity contribution in [1.82, 2.24) is 0 Å². The zero-order valence-electron chi connectivity index (χ0n) is 5.97. The number of anilines is 1. The molecule has 1 aromatic rings. The van der Waals surface area contributed by atoms with Crippen LogP contribution in [0.2, 0.25) is 0 Å². The van der Waals surface area contributed by atoms with Crippen LogP contribution >= 0.6 is 43.6 Å². The van der Waals surface area contributed by atoms with E-state index in [4.69, 9.17) is 5.73 Å². The molecule has 0 spiro atoms. The molecule has 12 heavy (non-hydrogen) atoms. The van der Waals surface area contributed by atoms with E-state index < -0.39 is 0 Å². The molecule has 2 nitrogen and oxygen atoms in total. The van der Waals surface area contributed by atoms with Crippen LogP contribution in [-0.2, 0) is 0 Å². The maximum atomic E-state index is 5.72. The molecule has 0 bridgehead atoms. The zero-order chi connectivity index (χ0) is 8.72. The van der Waals surface area contributed by atoms with Crippen molar-refractivity contribution < 1.29 is 0 Å². The molecule has 1 aliphatic heterocycles. The third kappa shape index (κ3) is 1.51. The topological polar surface area (TPSA) is 38.0 Å². The van der Waals surface area contributed by atoms with Gasteiger partial charge in [0.15, 0.2) is 0 Å². The van der Waals surface area contributed by atoms with Crippen LogP contribution in [0.4, 0.5) is 5.69 Å². The first-order valence-corrected chi connectivity index (χ1v) is 5.81. The first kappa shape index (κ1) is 8.87. The number of rotatable bonds is 0. The number of hydrogen-bond donors (Lipinski definition) is 2. The summed E-state index contributed by atoms with van der Waals surface area (Å²) in [4.78, 5) is 1.19. The molecule has 0 saturated heterocycles. The smallest absolute Gasteiger partial charge is 0.127 e. The van der Waals surface area contributed by atoms with Gasteiger partial charge >= 0.3 is 0 Å². The van der Waals surface area contributed by atoms with E-state index in [0.29, 0.717) is 0 Å². The lowest BCUT2D eigenvalue weighted by atomic mass is 10.3. The minimum absolute atomic E-state index is 0.0226. The molecule has 0 amide bonds. The first-order chi connectivity index (χ1) is 5.66. The predicted octanol–water partition coefficient (Wildman–Crippen LogP) is 2.97. The number of halogens is 2. The second-order valence-corrected chi connectivity index (χ2v) is 5.37. The summed E-state index contributed by atoms with van der Waals surface area (Å²) in [7, 11) is 0. The van der Waals surface area contributed by atoms with Gasteiger partial charge in [-0.15, -0.1) is 0 Å². The quantitative estimate of drug-likeness (QED) is 0.774. The van der Waals surface area contributed by atoms with Crippen LogP contribution in [0, 0.1) is 0 Å². The molecule has 1 aromatic carbocycles. The van der Waals surface area contributed by atoms with E-state index in [2.05, 4.69) is 37.2 Å². The average Bonchev–Trinajstić information content (AvgIpc) is 2.29. The fraction of sp³-hybridized carbons (Fsp3) is 0.143. The molecule has 1 aliphatic rings. The van der Waals surface area contributed by atoms with Crippen LogP contribution in [0.15, 0.2) is 26.0 Å². The second kappa shape index (κ2) is 3.21. The van der Waals surface area contributed by atoms with Crippen molar-refractivity contribution in [2.24, 2.45) is 5.73 Å². The number of nitrogens with one attached hydrogen (secondary N) is 1. The van der Waals surface area contributed by atoms with Gasteiger partial charge in [0.2, 0.25) is 0 Å². The largest absolute Gasteiger partial charge is 0.360 e. The van der Waals surface area contributed by atoms with Crippen molar-refractivity contribution in [3.8, 4) is 0 Å². The molecule has 0 radical (unpaired) electrons. The minimum atomic E-state index is -0.0226. The lowest BCUT2D eigenvalue weighted by Crippen LogP contribution is -2.20. The highest BCUT2D eigenvalue weighted by Crippen LogP contribution is 2.43. The molecule has 1 unspecified atom stereocenters. The number of benzene rings is 1. The van der Waals surface area contributed by atoms with Gasteiger partial charge in [-0.3, -0.25) is 0 Å². The first-order valence-electron chi connectivity index (χ1n) is 3.34. The maximum Gasteiger partial charge on any atom is 0.127 e. The maximum absolute atomic E-state index is 5.72. The summed E-state index contributed by atoms with van der Waals surface area (Å²) < 4.78 is 2.13. The van der Waals surface area contributed by atoms with Gasteiger partial charge in [0.1, 0.15) is 5.50 Å². The Morgan fingerprint density at radius 3 is 2.92 bits per heavy atom. The summed E-state index contributed by atoms with van der Waals surface area (Å²) in [5.41, 5.74) is 6.79. The molecule has 64 valence electrons. The van der Waals surface area contributed by atoms with Crippen LogP contribution in [0.5, 0.6) is 0 Å². The number of nitrogens with two attached hydrogens (primary N) is 1. The Morgan fingerprint density at radius 1 is 1.42 bits per heavy atom. The van der Waals surface area contributed by atoms with E-state index in [0.717, 1.165) is 14.6 Å². The lowest BCUT2D eigenvalue weighted by Gasteiger charge is -2.01. The Labute approximate surface area is 91.5 Å². The molecule has 3 N–H and O–H groups in total. The van der Waals surface area contributed by atoms with Crippen molar-refractivity contribution in [3.05, 3.63) is 21.1 Å². The monoisotopic (exact) mass is 308 g/mol. The molecular formula is C7H6Br2N2S. The molecule has 1 heterocycles. The predicted molar refractivity (Wildman–Crippen MR) is 59.3 cm³/mol. The van der Waals surface area contributed by atoms with Crippen molar-refractivity contribution in [2.45, 2.75) is 10.4 Å². The zero-order valence-corrected chi connectivity index (χ0v) is 9.96. The second-order valence-electron chi connectivity index (χ2n) is 2.45. The van der Waals surface area contributed by atoms with E-state index in [1.54, 1.807) is 11.8 Å². The number of hydrogen-bond acceptors (Lipinski definition) is 3. The molecule has 0 aromatic heterocycles. The van der Waals surface area contributed by atoms with Gasteiger partial charge in [-0.05, 0) is 28.1 Å². The SMILES string of the molecule is NC1Nc2cc(Br)cc(Br)c2S1. The van der Waals surface area contributed by atoms with Crippen LogP contribution in [0.3, 0.4) is 0 Å². The van der Waals surface area contributed by atoms with Crippen molar-refractivity contribution in [2.75, 3.05) is 5.32 Å². The van der Waals surface area contributed by atoms with Crippen LogP contribution in [0.1, 0.15) is 0 Å². The molecule has 1 atom stereocenters. The van der Waals surface area contributed by atoms with E-state index in [1.165, 1.54) is 4.90 Å². The van der Waals surface area contributed by atoms with Gasteiger partial charge in [0.05, 0.1) is 5.69 Å².